The molecule has 0 aliphatic carbocycles. The lowest BCUT2D eigenvalue weighted by atomic mass is 10.1. The summed E-state index contributed by atoms with van der Waals surface area (Å²) < 4.78 is 17.8. The number of hydrogen-bond donors (Lipinski definition) is 2. The standard InChI is InChI=1S/C20H46O5Si2/c1-8-19(26(4,5)18-10-15-24-17-13-22)25-27(6,7)20(2,3)11-9-14-23-16-12-21/h19,21-22H,8-18H2,1-7H3. The summed E-state index contributed by atoms with van der Waals surface area (Å²) in [5.41, 5.74) is 0.377. The van der Waals surface area contributed by atoms with Crippen LogP contribution in [0, 0.1) is 0 Å². The summed E-state index contributed by atoms with van der Waals surface area (Å²) in [5, 5.41) is 17.8. The first-order valence-electron chi connectivity index (χ1n) is 10.6. The van der Waals surface area contributed by atoms with Crippen molar-refractivity contribution in [3.63, 3.8) is 0 Å². The van der Waals surface area contributed by atoms with Crippen molar-refractivity contribution in [1.82, 2.24) is 0 Å². The summed E-state index contributed by atoms with van der Waals surface area (Å²) >= 11 is 0. The Hall–Kier alpha value is 0.234. The number of hydrogen-bond acceptors (Lipinski definition) is 5. The zero-order valence-corrected chi connectivity index (χ0v) is 21.0. The summed E-state index contributed by atoms with van der Waals surface area (Å²) in [5.74, 6) is 0. The normalized spacial score (nSPS) is 14.6. The van der Waals surface area contributed by atoms with Gasteiger partial charge in [-0.05, 0) is 43.8 Å². The highest BCUT2D eigenvalue weighted by molar-refractivity contribution is 6.81. The van der Waals surface area contributed by atoms with Crippen molar-refractivity contribution in [2.75, 3.05) is 39.6 Å². The van der Waals surface area contributed by atoms with E-state index in [9.17, 15) is 0 Å². The van der Waals surface area contributed by atoms with E-state index in [2.05, 4.69) is 47.0 Å². The van der Waals surface area contributed by atoms with E-state index >= 15 is 0 Å². The SMILES string of the molecule is CCC(O[Si](C)(C)C(C)(C)CCCOCCO)[Si](C)(C)CCCOCCO. The van der Waals surface area contributed by atoms with Crippen LogP contribution >= 0.6 is 0 Å². The van der Waals surface area contributed by atoms with Gasteiger partial charge in [0, 0.05) is 18.9 Å². The van der Waals surface area contributed by atoms with Gasteiger partial charge in [0.2, 0.25) is 0 Å². The summed E-state index contributed by atoms with van der Waals surface area (Å²) in [6.07, 6.45) is 4.22. The van der Waals surface area contributed by atoms with Crippen molar-refractivity contribution in [1.29, 1.82) is 0 Å². The van der Waals surface area contributed by atoms with Crippen LogP contribution in [0.25, 0.3) is 0 Å². The first-order valence-corrected chi connectivity index (χ1v) is 16.8. The maximum atomic E-state index is 8.81. The van der Waals surface area contributed by atoms with Crippen molar-refractivity contribution in [2.24, 2.45) is 0 Å². The predicted molar refractivity (Wildman–Crippen MR) is 119 cm³/mol. The lowest BCUT2D eigenvalue weighted by Gasteiger charge is -2.45. The zero-order valence-electron chi connectivity index (χ0n) is 19.0. The molecule has 0 aliphatic rings. The van der Waals surface area contributed by atoms with Gasteiger partial charge in [0.1, 0.15) is 0 Å². The average Bonchev–Trinajstić information content (AvgIpc) is 2.58. The molecule has 0 radical (unpaired) electrons. The Kier molecular flexibility index (Phi) is 13.6. The Morgan fingerprint density at radius 1 is 0.852 bits per heavy atom. The van der Waals surface area contributed by atoms with E-state index in [0.717, 1.165) is 32.3 Å². The van der Waals surface area contributed by atoms with Gasteiger partial charge in [-0.1, -0.05) is 39.9 Å². The first kappa shape index (κ1) is 27.2. The molecule has 7 heteroatoms. The monoisotopic (exact) mass is 422 g/mol. The second-order valence-corrected chi connectivity index (χ2v) is 19.0. The molecule has 0 fully saturated rings. The van der Waals surface area contributed by atoms with Crippen LogP contribution in [0.2, 0.25) is 37.3 Å². The second kappa shape index (κ2) is 13.5. The first-order chi connectivity index (χ1) is 12.5. The third-order valence-corrected chi connectivity index (χ3v) is 14.5. The quantitative estimate of drug-likeness (QED) is 0.271. The predicted octanol–water partition coefficient (Wildman–Crippen LogP) is 4.20. The number of aliphatic hydroxyl groups excluding tert-OH is 2. The summed E-state index contributed by atoms with van der Waals surface area (Å²) in [7, 11) is -3.40. The van der Waals surface area contributed by atoms with Gasteiger partial charge in [-0.15, -0.1) is 0 Å². The van der Waals surface area contributed by atoms with Crippen LogP contribution < -0.4 is 0 Å². The van der Waals surface area contributed by atoms with Crippen LogP contribution in [0.3, 0.4) is 0 Å². The fraction of sp³-hybridized carbons (Fsp3) is 1.00. The molecule has 0 aromatic heterocycles. The van der Waals surface area contributed by atoms with Gasteiger partial charge in [0.15, 0.2) is 8.32 Å². The van der Waals surface area contributed by atoms with Crippen molar-refractivity contribution in [3.8, 4) is 0 Å². The van der Waals surface area contributed by atoms with E-state index in [1.165, 1.54) is 6.04 Å². The molecule has 0 heterocycles. The van der Waals surface area contributed by atoms with Crippen LogP contribution in [0.5, 0.6) is 0 Å². The molecule has 0 aromatic rings. The Morgan fingerprint density at radius 2 is 1.37 bits per heavy atom. The minimum Gasteiger partial charge on any atom is -0.417 e. The van der Waals surface area contributed by atoms with Crippen molar-refractivity contribution in [3.05, 3.63) is 0 Å². The van der Waals surface area contributed by atoms with Gasteiger partial charge in [0.05, 0.1) is 34.5 Å². The van der Waals surface area contributed by atoms with E-state index in [-0.39, 0.29) is 18.3 Å². The molecule has 0 spiro atoms. The third-order valence-electron chi connectivity index (χ3n) is 5.98. The molecule has 2 N–H and O–H groups in total. The van der Waals surface area contributed by atoms with Crippen LogP contribution in [0.15, 0.2) is 0 Å². The minimum absolute atomic E-state index is 0.0929. The Morgan fingerprint density at radius 3 is 1.85 bits per heavy atom. The summed E-state index contributed by atoms with van der Waals surface area (Å²) in [6.45, 7) is 19.0. The molecule has 1 unspecified atom stereocenters. The van der Waals surface area contributed by atoms with Gasteiger partial charge >= 0.3 is 0 Å². The lowest BCUT2D eigenvalue weighted by Crippen LogP contribution is -2.53. The number of rotatable bonds is 17. The molecule has 0 aromatic carbocycles. The fourth-order valence-electron chi connectivity index (χ4n) is 3.35. The van der Waals surface area contributed by atoms with Crippen LogP contribution in [-0.2, 0) is 13.9 Å². The van der Waals surface area contributed by atoms with Crippen LogP contribution in [-0.4, -0.2) is 72.0 Å². The van der Waals surface area contributed by atoms with E-state index < -0.39 is 16.4 Å². The molecule has 0 aliphatic heterocycles. The van der Waals surface area contributed by atoms with Crippen molar-refractivity contribution >= 4 is 16.4 Å². The highest BCUT2D eigenvalue weighted by atomic mass is 28.4. The van der Waals surface area contributed by atoms with Gasteiger partial charge in [-0.3, -0.25) is 0 Å². The number of aliphatic hydroxyl groups is 2. The van der Waals surface area contributed by atoms with E-state index in [4.69, 9.17) is 24.1 Å². The molecule has 0 amide bonds. The van der Waals surface area contributed by atoms with Crippen molar-refractivity contribution in [2.45, 2.75) is 89.5 Å². The Balaban J connectivity index is 4.67. The molecule has 0 rings (SSSR count). The van der Waals surface area contributed by atoms with Gasteiger partial charge in [-0.25, -0.2) is 0 Å². The summed E-state index contributed by atoms with van der Waals surface area (Å²) in [4.78, 5) is 0. The highest BCUT2D eigenvalue weighted by Gasteiger charge is 2.44. The molecule has 0 bridgehead atoms. The average molecular weight is 423 g/mol. The molecule has 0 saturated heterocycles. The molecule has 5 nitrogen and oxygen atoms in total. The Labute approximate surface area is 169 Å². The van der Waals surface area contributed by atoms with E-state index in [1.54, 1.807) is 0 Å². The van der Waals surface area contributed by atoms with E-state index in [0.29, 0.717) is 25.5 Å². The largest absolute Gasteiger partial charge is 0.417 e. The van der Waals surface area contributed by atoms with Gasteiger partial charge in [-0.2, -0.15) is 0 Å². The van der Waals surface area contributed by atoms with Crippen LogP contribution in [0.1, 0.15) is 46.5 Å². The van der Waals surface area contributed by atoms with Gasteiger partial charge < -0.3 is 24.1 Å². The lowest BCUT2D eigenvalue weighted by molar-refractivity contribution is 0.0878. The van der Waals surface area contributed by atoms with Crippen molar-refractivity contribution < 1.29 is 24.1 Å². The van der Waals surface area contributed by atoms with Crippen LogP contribution in [0.4, 0.5) is 0 Å². The minimum atomic E-state index is -1.89. The molecule has 27 heavy (non-hydrogen) atoms. The number of ether oxygens (including phenoxy) is 2. The highest BCUT2D eigenvalue weighted by Crippen LogP contribution is 2.43. The molecule has 0 saturated carbocycles. The maximum Gasteiger partial charge on any atom is 0.192 e. The summed E-state index contributed by atoms with van der Waals surface area (Å²) in [6, 6.07) is 1.19. The Bertz CT molecular complexity index is 375. The zero-order chi connectivity index (χ0) is 21.0. The second-order valence-electron chi connectivity index (χ2n) is 9.28. The third kappa shape index (κ3) is 10.5. The molecular weight excluding hydrogens is 376 g/mol. The smallest absolute Gasteiger partial charge is 0.192 e. The van der Waals surface area contributed by atoms with Gasteiger partial charge in [0.25, 0.3) is 0 Å². The molecular formula is C20H46O5Si2. The topological polar surface area (TPSA) is 68.2 Å². The maximum absolute atomic E-state index is 8.81. The molecule has 1 atom stereocenters. The fourth-order valence-corrected chi connectivity index (χ4v) is 9.97. The van der Waals surface area contributed by atoms with E-state index in [1.807, 2.05) is 0 Å². The molecule has 164 valence electrons.